The first-order valence-corrected chi connectivity index (χ1v) is 13.3. The number of halogens is 2. The van der Waals surface area contributed by atoms with Gasteiger partial charge in [-0.05, 0) is 47.4 Å². The fourth-order valence-electron chi connectivity index (χ4n) is 3.88. The Morgan fingerprint density at radius 3 is 2.15 bits per heavy atom. The van der Waals surface area contributed by atoms with Crippen LogP contribution in [0.2, 0.25) is 5.02 Å². The quantitative estimate of drug-likeness (QED) is 0.533. The van der Waals surface area contributed by atoms with Crippen LogP contribution in [0.1, 0.15) is 32.8 Å². The third-order valence-electron chi connectivity index (χ3n) is 5.79. The molecule has 0 atom stereocenters. The summed E-state index contributed by atoms with van der Waals surface area (Å²) in [5.74, 6) is -0.247. The Morgan fingerprint density at radius 2 is 1.59 bits per heavy atom. The van der Waals surface area contributed by atoms with Crippen molar-refractivity contribution in [1.29, 1.82) is 0 Å². The molecule has 0 bridgehead atoms. The highest BCUT2D eigenvalue weighted by Gasteiger charge is 2.29. The Labute approximate surface area is 207 Å². The van der Waals surface area contributed by atoms with E-state index in [-0.39, 0.29) is 22.0 Å². The zero-order valence-electron chi connectivity index (χ0n) is 20.0. The second-order valence-electron chi connectivity index (χ2n) is 9.88. The van der Waals surface area contributed by atoms with Crippen LogP contribution in [0.3, 0.4) is 0 Å². The molecule has 1 aliphatic rings. The molecule has 0 unspecified atom stereocenters. The normalized spacial score (nSPS) is 15.9. The van der Waals surface area contributed by atoms with Gasteiger partial charge < -0.3 is 4.90 Å². The van der Waals surface area contributed by atoms with E-state index < -0.39 is 10.0 Å². The van der Waals surface area contributed by atoms with Crippen molar-refractivity contribution in [2.75, 3.05) is 39.3 Å². The number of piperazine rings is 1. The molecule has 1 amide bonds. The summed E-state index contributed by atoms with van der Waals surface area (Å²) in [6.07, 6.45) is 0.418. The summed E-state index contributed by atoms with van der Waals surface area (Å²) in [6.45, 7) is 9.62. The molecule has 3 rings (SSSR count). The van der Waals surface area contributed by atoms with Gasteiger partial charge >= 0.3 is 0 Å². The van der Waals surface area contributed by atoms with E-state index in [1.807, 2.05) is 25.7 Å². The number of nitrogens with zero attached hydrogens (tertiary/aromatic N) is 3. The lowest BCUT2D eigenvalue weighted by molar-refractivity contribution is -0.134. The highest BCUT2D eigenvalue weighted by atomic mass is 35.5. The molecule has 6 nitrogen and oxygen atoms in total. The summed E-state index contributed by atoms with van der Waals surface area (Å²) in [5.41, 5.74) is 0.738. The second kappa shape index (κ2) is 11.2. The number of hydrogen-bond donors (Lipinski definition) is 0. The van der Waals surface area contributed by atoms with Crippen molar-refractivity contribution >= 4 is 27.5 Å². The summed E-state index contributed by atoms with van der Waals surface area (Å²) in [7, 11) is -3.56. The van der Waals surface area contributed by atoms with Crippen LogP contribution in [0, 0.1) is 11.2 Å². The Balaban J connectivity index is 1.59. The van der Waals surface area contributed by atoms with Crippen LogP contribution >= 0.6 is 11.6 Å². The summed E-state index contributed by atoms with van der Waals surface area (Å²) < 4.78 is 40.6. The Morgan fingerprint density at radius 1 is 1.00 bits per heavy atom. The van der Waals surface area contributed by atoms with Gasteiger partial charge in [-0.15, -0.1) is 0 Å². The highest BCUT2D eigenvalue weighted by Crippen LogP contribution is 2.22. The number of carbonyl (C=O) groups excluding carboxylic acids is 1. The lowest BCUT2D eigenvalue weighted by Gasteiger charge is -2.35. The summed E-state index contributed by atoms with van der Waals surface area (Å²) in [6, 6.07) is 12.4. The minimum atomic E-state index is -3.56. The molecule has 1 heterocycles. The SMILES string of the molecule is CC(C)(C)CC(=O)N(CCN1CCN(S(=O)(=O)c2ccc(Cl)cc2)CC1)Cc1ccc(F)cc1. The number of carbonyl (C=O) groups is 1. The average Bonchev–Trinajstić information content (AvgIpc) is 2.77. The minimum absolute atomic E-state index is 0.0563. The van der Waals surface area contributed by atoms with E-state index in [9.17, 15) is 17.6 Å². The van der Waals surface area contributed by atoms with Crippen molar-refractivity contribution < 1.29 is 17.6 Å². The van der Waals surface area contributed by atoms with Gasteiger partial charge in [-0.1, -0.05) is 44.5 Å². The van der Waals surface area contributed by atoms with Gasteiger partial charge in [-0.25, -0.2) is 12.8 Å². The van der Waals surface area contributed by atoms with Crippen LogP contribution in [-0.2, 0) is 21.4 Å². The molecule has 34 heavy (non-hydrogen) atoms. The second-order valence-corrected chi connectivity index (χ2v) is 12.3. The summed E-state index contributed by atoms with van der Waals surface area (Å²) >= 11 is 5.88. The van der Waals surface area contributed by atoms with Gasteiger partial charge in [0.25, 0.3) is 0 Å². The number of hydrogen-bond acceptors (Lipinski definition) is 4. The molecule has 0 saturated carbocycles. The zero-order valence-corrected chi connectivity index (χ0v) is 21.6. The molecule has 2 aromatic rings. The Kier molecular flexibility index (Phi) is 8.73. The lowest BCUT2D eigenvalue weighted by atomic mass is 9.91. The van der Waals surface area contributed by atoms with Crippen LogP contribution in [0.4, 0.5) is 4.39 Å². The Bertz CT molecular complexity index is 1060. The first kappa shape index (κ1) is 26.6. The molecular formula is C25H33ClFN3O3S. The molecule has 1 aliphatic heterocycles. The zero-order chi connectivity index (χ0) is 24.9. The maximum Gasteiger partial charge on any atom is 0.243 e. The summed E-state index contributed by atoms with van der Waals surface area (Å²) in [4.78, 5) is 17.2. The van der Waals surface area contributed by atoms with E-state index in [4.69, 9.17) is 11.6 Å². The molecule has 0 N–H and O–H groups in total. The first-order valence-electron chi connectivity index (χ1n) is 11.4. The van der Waals surface area contributed by atoms with E-state index in [2.05, 4.69) is 4.90 Å². The molecule has 9 heteroatoms. The van der Waals surface area contributed by atoms with Gasteiger partial charge in [-0.3, -0.25) is 9.69 Å². The van der Waals surface area contributed by atoms with Crippen molar-refractivity contribution in [2.24, 2.45) is 5.41 Å². The van der Waals surface area contributed by atoms with Gasteiger partial charge in [0.2, 0.25) is 15.9 Å². The van der Waals surface area contributed by atoms with Crippen molar-refractivity contribution in [3.63, 3.8) is 0 Å². The molecule has 0 spiro atoms. The monoisotopic (exact) mass is 509 g/mol. The molecule has 1 fully saturated rings. The van der Waals surface area contributed by atoms with Gasteiger partial charge in [0.1, 0.15) is 5.82 Å². The Hall–Kier alpha value is -2.00. The van der Waals surface area contributed by atoms with E-state index in [0.29, 0.717) is 57.3 Å². The smallest absolute Gasteiger partial charge is 0.243 e. The van der Waals surface area contributed by atoms with Crippen molar-refractivity contribution in [3.8, 4) is 0 Å². The van der Waals surface area contributed by atoms with Crippen molar-refractivity contribution in [3.05, 3.63) is 64.9 Å². The van der Waals surface area contributed by atoms with Crippen molar-refractivity contribution in [2.45, 2.75) is 38.6 Å². The largest absolute Gasteiger partial charge is 0.337 e. The number of rotatable bonds is 8. The molecule has 0 aliphatic carbocycles. The van der Waals surface area contributed by atoms with Crippen LogP contribution in [0.5, 0.6) is 0 Å². The molecule has 0 aromatic heterocycles. The third kappa shape index (κ3) is 7.50. The predicted molar refractivity (Wildman–Crippen MR) is 133 cm³/mol. The van der Waals surface area contributed by atoms with Crippen LogP contribution in [0.25, 0.3) is 0 Å². The van der Waals surface area contributed by atoms with Gasteiger partial charge in [0.15, 0.2) is 0 Å². The molecule has 186 valence electrons. The number of sulfonamides is 1. The van der Waals surface area contributed by atoms with Gasteiger partial charge in [-0.2, -0.15) is 4.31 Å². The third-order valence-corrected chi connectivity index (χ3v) is 7.95. The first-order chi connectivity index (χ1) is 15.9. The predicted octanol–water partition coefficient (Wildman–Crippen LogP) is 4.25. The van der Waals surface area contributed by atoms with Crippen molar-refractivity contribution in [1.82, 2.24) is 14.1 Å². The van der Waals surface area contributed by atoms with Gasteiger partial charge in [0.05, 0.1) is 4.90 Å². The maximum atomic E-state index is 13.3. The molecule has 1 saturated heterocycles. The highest BCUT2D eigenvalue weighted by molar-refractivity contribution is 7.89. The van der Waals surface area contributed by atoms with Gasteiger partial charge in [0, 0.05) is 57.3 Å². The topological polar surface area (TPSA) is 60.9 Å². The minimum Gasteiger partial charge on any atom is -0.337 e. The van der Waals surface area contributed by atoms with E-state index in [1.54, 1.807) is 24.3 Å². The fraction of sp³-hybridized carbons (Fsp3) is 0.480. The van der Waals surface area contributed by atoms with E-state index >= 15 is 0 Å². The number of amides is 1. The van der Waals surface area contributed by atoms with E-state index in [1.165, 1.54) is 28.6 Å². The fourth-order valence-corrected chi connectivity index (χ4v) is 5.43. The molecular weight excluding hydrogens is 477 g/mol. The van der Waals surface area contributed by atoms with Crippen LogP contribution in [0.15, 0.2) is 53.4 Å². The lowest BCUT2D eigenvalue weighted by Crippen LogP contribution is -2.50. The number of benzene rings is 2. The van der Waals surface area contributed by atoms with Crippen LogP contribution < -0.4 is 0 Å². The average molecular weight is 510 g/mol. The van der Waals surface area contributed by atoms with Crippen LogP contribution in [-0.4, -0.2) is 67.7 Å². The summed E-state index contributed by atoms with van der Waals surface area (Å²) in [5, 5.41) is 0.495. The molecule has 2 aromatic carbocycles. The maximum absolute atomic E-state index is 13.3. The molecule has 0 radical (unpaired) electrons. The standard InChI is InChI=1S/C25H33ClFN3O3S/c1-25(2,3)18-24(31)29(19-20-4-8-22(27)9-5-20)15-12-28-13-16-30(17-14-28)34(32,33)23-10-6-21(26)7-11-23/h4-11H,12-19H2,1-3H3. The van der Waals surface area contributed by atoms with E-state index in [0.717, 1.165) is 5.56 Å².